The van der Waals surface area contributed by atoms with Gasteiger partial charge in [0.1, 0.15) is 50.0 Å². The Labute approximate surface area is 270 Å². The van der Waals surface area contributed by atoms with E-state index in [0.717, 1.165) is 41.5 Å². The molecule has 0 aliphatic heterocycles. The van der Waals surface area contributed by atoms with Gasteiger partial charge in [-0.25, -0.2) is 12.8 Å². The first-order valence-corrected chi connectivity index (χ1v) is 17.1. The fraction of sp³-hybridized carbons (Fsp3) is 0.333. The van der Waals surface area contributed by atoms with Crippen LogP contribution in [0, 0.1) is 5.82 Å². The second kappa shape index (κ2) is 14.3. The molecule has 0 amide bonds. The molecule has 0 aromatic heterocycles. The summed E-state index contributed by atoms with van der Waals surface area (Å²) in [7, 11) is -4.81. The highest BCUT2D eigenvalue weighted by atomic mass is 32.2. The van der Waals surface area contributed by atoms with Gasteiger partial charge in [-0.15, -0.1) is 0 Å². The maximum atomic E-state index is 12.2. The van der Waals surface area contributed by atoms with Crippen molar-refractivity contribution < 1.29 is 31.6 Å². The first kappa shape index (κ1) is 35.9. The van der Waals surface area contributed by atoms with E-state index in [1.165, 1.54) is 14.7 Å². The predicted molar refractivity (Wildman–Crippen MR) is 177 cm³/mol. The zero-order valence-electron chi connectivity index (χ0n) is 27.4. The van der Waals surface area contributed by atoms with Crippen molar-refractivity contribution in [2.45, 2.75) is 98.7 Å². The summed E-state index contributed by atoms with van der Waals surface area (Å²) < 4.78 is 61.6. The molecule has 0 atom stereocenters. The third-order valence-corrected chi connectivity index (χ3v) is 8.52. The lowest BCUT2D eigenvalue weighted by molar-refractivity contribution is 0.130. The van der Waals surface area contributed by atoms with E-state index < -0.39 is 20.8 Å². The maximum absolute atomic E-state index is 12.2. The number of rotatable bonds is 7. The number of benzene rings is 4. The predicted octanol–water partition coefficient (Wildman–Crippen LogP) is 9.04. The Kier molecular flexibility index (Phi) is 11.4. The molecule has 0 aliphatic carbocycles. The van der Waals surface area contributed by atoms with E-state index in [2.05, 4.69) is 117 Å². The molecule has 0 bridgehead atoms. The summed E-state index contributed by atoms with van der Waals surface area (Å²) in [5, 5.41) is 0. The average Bonchev–Trinajstić information content (AvgIpc) is 2.87. The molecule has 45 heavy (non-hydrogen) atoms. The van der Waals surface area contributed by atoms with Gasteiger partial charge in [-0.1, -0.05) is 18.2 Å². The smallest absolute Gasteiger partial charge is 0.170 e. The molecule has 0 radical (unpaired) electrons. The largest absolute Gasteiger partial charge is 0.744 e. The van der Waals surface area contributed by atoms with Crippen LogP contribution in [0.15, 0.2) is 117 Å². The van der Waals surface area contributed by atoms with E-state index in [0.29, 0.717) is 0 Å². The third-order valence-electron chi connectivity index (χ3n) is 5.50. The van der Waals surface area contributed by atoms with Crippen molar-refractivity contribution in [1.82, 2.24) is 0 Å². The average molecular weight is 655 g/mol. The Morgan fingerprint density at radius 3 is 1.13 bits per heavy atom. The van der Waals surface area contributed by atoms with Gasteiger partial charge in [0.2, 0.25) is 0 Å². The number of hydrogen-bond donors (Lipinski definition) is 0. The van der Waals surface area contributed by atoms with Crippen LogP contribution >= 0.6 is 0 Å². The second-order valence-corrected chi connectivity index (χ2v) is 16.7. The molecule has 0 fully saturated rings. The Morgan fingerprint density at radius 2 is 0.867 bits per heavy atom. The lowest BCUT2D eigenvalue weighted by atomic mass is 10.2. The van der Waals surface area contributed by atoms with Crippen molar-refractivity contribution in [3.8, 4) is 17.2 Å². The van der Waals surface area contributed by atoms with Crippen LogP contribution in [0.25, 0.3) is 0 Å². The van der Waals surface area contributed by atoms with Crippen molar-refractivity contribution in [3.05, 3.63) is 103 Å². The lowest BCUT2D eigenvalue weighted by Gasteiger charge is -2.22. The summed E-state index contributed by atoms with van der Waals surface area (Å²) in [6.07, 6.45) is 0. The van der Waals surface area contributed by atoms with Crippen LogP contribution in [0.1, 0.15) is 62.3 Å². The van der Waals surface area contributed by atoms with Crippen LogP contribution in [-0.2, 0) is 21.0 Å². The lowest BCUT2D eigenvalue weighted by Crippen LogP contribution is -2.23. The van der Waals surface area contributed by atoms with Gasteiger partial charge >= 0.3 is 0 Å². The maximum Gasteiger partial charge on any atom is 0.170 e. The van der Waals surface area contributed by atoms with Crippen LogP contribution in [0.4, 0.5) is 4.39 Å². The van der Waals surface area contributed by atoms with Crippen LogP contribution in [0.5, 0.6) is 17.2 Å². The van der Waals surface area contributed by atoms with Crippen molar-refractivity contribution in [2.24, 2.45) is 0 Å². The van der Waals surface area contributed by atoms with E-state index in [-0.39, 0.29) is 27.7 Å². The van der Waals surface area contributed by atoms with E-state index in [4.69, 9.17) is 14.2 Å². The highest BCUT2D eigenvalue weighted by Crippen LogP contribution is 2.37. The van der Waals surface area contributed by atoms with Crippen LogP contribution in [0.2, 0.25) is 0 Å². The van der Waals surface area contributed by atoms with Gasteiger partial charge in [0.15, 0.2) is 14.7 Å². The Morgan fingerprint density at radius 1 is 0.556 bits per heavy atom. The van der Waals surface area contributed by atoms with Crippen molar-refractivity contribution in [1.29, 1.82) is 0 Å². The van der Waals surface area contributed by atoms with Gasteiger partial charge in [-0.3, -0.25) is 0 Å². The summed E-state index contributed by atoms with van der Waals surface area (Å²) in [5.74, 6) is 2.03. The quantitative estimate of drug-likeness (QED) is 0.146. The summed E-state index contributed by atoms with van der Waals surface area (Å²) in [5.41, 5.74) is -0.797. The SMILES string of the molecule is CC(C)(C)Oc1cccc([S+](c2cccc(OC(C)(C)C)c2)c2cccc(OC(C)(C)C)c2)c1.O=S(=O)([O-])c1ccc(F)cc1. The normalized spacial score (nSPS) is 12.3. The molecule has 4 aromatic carbocycles. The van der Waals surface area contributed by atoms with Gasteiger partial charge in [0, 0.05) is 18.2 Å². The summed E-state index contributed by atoms with van der Waals surface area (Å²) in [4.78, 5) is 3.13. The Balaban J connectivity index is 0.000000423. The summed E-state index contributed by atoms with van der Waals surface area (Å²) >= 11 is 0. The van der Waals surface area contributed by atoms with Crippen molar-refractivity contribution in [2.75, 3.05) is 0 Å². The van der Waals surface area contributed by atoms with Crippen LogP contribution in [0.3, 0.4) is 0 Å². The molecular weight excluding hydrogens is 612 g/mol. The molecule has 0 saturated carbocycles. The molecule has 0 saturated heterocycles. The number of hydrogen-bond acceptors (Lipinski definition) is 6. The van der Waals surface area contributed by atoms with Gasteiger partial charge in [0.25, 0.3) is 0 Å². The molecule has 0 aliphatic rings. The summed E-state index contributed by atoms with van der Waals surface area (Å²) in [6, 6.07) is 29.0. The molecule has 0 N–H and O–H groups in total. The minimum Gasteiger partial charge on any atom is -0.744 e. The fourth-order valence-electron chi connectivity index (χ4n) is 4.06. The minimum absolute atomic E-state index is 0.266. The Bertz CT molecular complexity index is 1520. The molecule has 4 aromatic rings. The van der Waals surface area contributed by atoms with E-state index >= 15 is 0 Å². The van der Waals surface area contributed by atoms with Crippen molar-refractivity contribution >= 4 is 21.0 Å². The van der Waals surface area contributed by atoms with Gasteiger partial charge in [-0.05, 0) is 123 Å². The number of halogens is 1. The highest BCUT2D eigenvalue weighted by Gasteiger charge is 2.31. The minimum atomic E-state index is -4.44. The first-order valence-electron chi connectivity index (χ1n) is 14.5. The first-order chi connectivity index (χ1) is 20.7. The summed E-state index contributed by atoms with van der Waals surface area (Å²) in [6.45, 7) is 18.6. The topological polar surface area (TPSA) is 84.9 Å². The van der Waals surface area contributed by atoms with E-state index in [1.807, 2.05) is 18.2 Å². The molecule has 0 unspecified atom stereocenters. The monoisotopic (exact) mass is 654 g/mol. The molecule has 4 rings (SSSR count). The molecule has 6 nitrogen and oxygen atoms in total. The second-order valence-electron chi connectivity index (χ2n) is 13.3. The van der Waals surface area contributed by atoms with Crippen molar-refractivity contribution in [3.63, 3.8) is 0 Å². The highest BCUT2D eigenvalue weighted by molar-refractivity contribution is 7.97. The Hall–Kier alpha value is -3.53. The van der Waals surface area contributed by atoms with Crippen LogP contribution < -0.4 is 14.2 Å². The van der Waals surface area contributed by atoms with E-state index in [1.54, 1.807) is 0 Å². The van der Waals surface area contributed by atoms with Gasteiger partial charge in [-0.2, -0.15) is 0 Å². The number of ether oxygens (including phenoxy) is 3. The van der Waals surface area contributed by atoms with Gasteiger partial charge < -0.3 is 18.8 Å². The van der Waals surface area contributed by atoms with Crippen LogP contribution in [-0.4, -0.2) is 29.8 Å². The molecule has 242 valence electrons. The molecule has 9 heteroatoms. The third kappa shape index (κ3) is 12.4. The molecule has 0 heterocycles. The standard InChI is InChI=1S/C30H39O3S.C6H5FO3S/c1-28(2,3)31-22-13-10-16-25(19-22)34(26-17-11-14-23(20-26)32-29(4,5)6)27-18-12-15-24(21-27)33-30(7,8)9;7-5-1-3-6(4-2-5)11(8,9)10/h10-21H,1-9H3;1-4H,(H,8,9,10)/q+1;/p-1. The fourth-order valence-corrected chi connectivity index (χ4v) is 6.70. The zero-order chi connectivity index (χ0) is 33.6. The molecule has 0 spiro atoms. The van der Waals surface area contributed by atoms with E-state index in [9.17, 15) is 17.4 Å². The molecular formula is C36H43FO6S2. The zero-order valence-corrected chi connectivity index (χ0v) is 29.0. The van der Waals surface area contributed by atoms with Gasteiger partial charge in [0.05, 0.1) is 15.8 Å².